The number of nitro benzene ring substituents is 1. The van der Waals surface area contributed by atoms with Crippen molar-refractivity contribution in [2.45, 2.75) is 6.10 Å². The van der Waals surface area contributed by atoms with E-state index < -0.39 is 11.0 Å². The number of non-ortho nitro benzene ring substituents is 1. The van der Waals surface area contributed by atoms with Crippen molar-refractivity contribution < 1.29 is 18.8 Å². The van der Waals surface area contributed by atoms with E-state index in [1.165, 1.54) is 24.3 Å². The van der Waals surface area contributed by atoms with Crippen LogP contribution in [0.2, 0.25) is 0 Å². The Labute approximate surface area is 156 Å². The van der Waals surface area contributed by atoms with Gasteiger partial charge in [-0.25, -0.2) is 4.39 Å². The maximum absolute atomic E-state index is 14.0. The summed E-state index contributed by atoms with van der Waals surface area (Å²) in [4.78, 5) is 24.7. The van der Waals surface area contributed by atoms with Gasteiger partial charge in [-0.2, -0.15) is 0 Å². The van der Waals surface area contributed by atoms with Crippen LogP contribution in [0.5, 0.6) is 0 Å². The van der Waals surface area contributed by atoms with E-state index in [1.807, 2.05) is 22.6 Å². The number of nitrogens with zero attached hydrogens (tertiary/aromatic N) is 2. The molecule has 0 radical (unpaired) electrons. The van der Waals surface area contributed by atoms with Crippen LogP contribution < -0.4 is 0 Å². The van der Waals surface area contributed by atoms with Crippen molar-refractivity contribution in [1.29, 1.82) is 0 Å². The lowest BCUT2D eigenvalue weighted by atomic mass is 10.1. The fraction of sp³-hybridized carbons (Fsp3) is 0.235. The van der Waals surface area contributed by atoms with E-state index in [0.717, 1.165) is 0 Å². The third-order valence-corrected chi connectivity index (χ3v) is 4.89. The maximum atomic E-state index is 14.0. The fourth-order valence-corrected chi connectivity index (χ4v) is 3.45. The number of amides is 1. The van der Waals surface area contributed by atoms with Gasteiger partial charge in [0.1, 0.15) is 11.9 Å². The van der Waals surface area contributed by atoms with Crippen LogP contribution >= 0.6 is 22.6 Å². The van der Waals surface area contributed by atoms with Crippen LogP contribution in [0.15, 0.2) is 42.5 Å². The number of carbonyl (C=O) groups is 1. The molecule has 2 aromatic rings. The van der Waals surface area contributed by atoms with Gasteiger partial charge in [-0.15, -0.1) is 0 Å². The number of rotatable bonds is 3. The van der Waals surface area contributed by atoms with Crippen LogP contribution in [0, 0.1) is 19.5 Å². The van der Waals surface area contributed by atoms with Crippen LogP contribution in [0.4, 0.5) is 10.1 Å². The molecule has 1 fully saturated rings. The summed E-state index contributed by atoms with van der Waals surface area (Å²) in [5.41, 5.74) is 0.742. The summed E-state index contributed by atoms with van der Waals surface area (Å²) in [6, 6.07) is 10.5. The van der Waals surface area contributed by atoms with Gasteiger partial charge in [-0.1, -0.05) is 18.2 Å². The van der Waals surface area contributed by atoms with Gasteiger partial charge < -0.3 is 9.64 Å². The van der Waals surface area contributed by atoms with Gasteiger partial charge in [-0.3, -0.25) is 14.9 Å². The maximum Gasteiger partial charge on any atom is 0.270 e. The first-order chi connectivity index (χ1) is 12.0. The topological polar surface area (TPSA) is 72.7 Å². The van der Waals surface area contributed by atoms with E-state index in [2.05, 4.69) is 0 Å². The Morgan fingerprint density at radius 3 is 2.76 bits per heavy atom. The molecule has 0 saturated carbocycles. The molecule has 1 saturated heterocycles. The van der Waals surface area contributed by atoms with Crippen molar-refractivity contribution >= 4 is 34.2 Å². The van der Waals surface area contributed by atoms with Crippen molar-refractivity contribution in [3.63, 3.8) is 0 Å². The highest BCUT2D eigenvalue weighted by Gasteiger charge is 2.28. The van der Waals surface area contributed by atoms with Crippen LogP contribution in [-0.4, -0.2) is 35.4 Å². The molecule has 8 heteroatoms. The number of carbonyl (C=O) groups excluding carboxylic acids is 1. The number of benzene rings is 2. The number of halogens is 2. The molecule has 0 bridgehead atoms. The predicted octanol–water partition coefficient (Wildman–Crippen LogP) is 3.55. The molecule has 1 aliphatic rings. The normalized spacial score (nSPS) is 17.4. The highest BCUT2D eigenvalue weighted by molar-refractivity contribution is 14.1. The monoisotopic (exact) mass is 456 g/mol. The predicted molar refractivity (Wildman–Crippen MR) is 96.8 cm³/mol. The van der Waals surface area contributed by atoms with E-state index >= 15 is 0 Å². The standard InChI is InChI=1S/C17H14FIN2O4/c18-14-4-2-1-3-12(14)16-10-20(7-8-25-16)17(22)13-6-5-11(21(23)24)9-15(13)19/h1-6,9,16H,7-8,10H2. The Bertz CT molecular complexity index is 830. The largest absolute Gasteiger partial charge is 0.370 e. The Morgan fingerprint density at radius 2 is 2.08 bits per heavy atom. The van der Waals surface area contributed by atoms with E-state index in [4.69, 9.17) is 4.74 Å². The quantitative estimate of drug-likeness (QED) is 0.403. The summed E-state index contributed by atoms with van der Waals surface area (Å²) < 4.78 is 20.1. The molecule has 1 aliphatic heterocycles. The molecule has 2 aromatic carbocycles. The van der Waals surface area contributed by atoms with Crippen LogP contribution in [-0.2, 0) is 4.74 Å². The van der Waals surface area contributed by atoms with Crippen LogP contribution in [0.25, 0.3) is 0 Å². The van der Waals surface area contributed by atoms with Gasteiger partial charge in [0.25, 0.3) is 11.6 Å². The van der Waals surface area contributed by atoms with Gasteiger partial charge in [0, 0.05) is 27.8 Å². The molecule has 1 unspecified atom stereocenters. The average molecular weight is 456 g/mol. The van der Waals surface area contributed by atoms with Gasteiger partial charge in [0.2, 0.25) is 0 Å². The third-order valence-electron chi connectivity index (χ3n) is 4.00. The van der Waals surface area contributed by atoms with Gasteiger partial charge in [0.15, 0.2) is 0 Å². The van der Waals surface area contributed by atoms with Crippen molar-refractivity contribution in [3.8, 4) is 0 Å². The SMILES string of the molecule is O=C(c1ccc([N+](=O)[O-])cc1I)N1CCOC(c2ccccc2F)C1. The Morgan fingerprint density at radius 1 is 1.32 bits per heavy atom. The molecular formula is C17H14FIN2O4. The van der Waals surface area contributed by atoms with Crippen molar-refractivity contribution in [2.24, 2.45) is 0 Å². The summed E-state index contributed by atoms with van der Waals surface area (Å²) in [5, 5.41) is 10.8. The summed E-state index contributed by atoms with van der Waals surface area (Å²) in [6.07, 6.45) is -0.533. The molecule has 6 nitrogen and oxygen atoms in total. The molecule has 1 atom stereocenters. The molecule has 0 aromatic heterocycles. The minimum atomic E-state index is -0.533. The van der Waals surface area contributed by atoms with E-state index in [9.17, 15) is 19.3 Å². The molecule has 3 rings (SSSR count). The first-order valence-corrected chi connectivity index (χ1v) is 8.64. The average Bonchev–Trinajstić information content (AvgIpc) is 2.61. The minimum Gasteiger partial charge on any atom is -0.370 e. The smallest absolute Gasteiger partial charge is 0.270 e. The zero-order chi connectivity index (χ0) is 18.0. The summed E-state index contributed by atoms with van der Waals surface area (Å²) in [7, 11) is 0. The number of hydrogen-bond donors (Lipinski definition) is 0. The highest BCUT2D eigenvalue weighted by atomic mass is 127. The van der Waals surface area contributed by atoms with E-state index in [-0.39, 0.29) is 24.0 Å². The molecule has 130 valence electrons. The number of nitro groups is 1. The zero-order valence-corrected chi connectivity index (χ0v) is 15.2. The lowest BCUT2D eigenvalue weighted by Crippen LogP contribution is -2.42. The Balaban J connectivity index is 1.81. The van der Waals surface area contributed by atoms with Crippen molar-refractivity contribution in [2.75, 3.05) is 19.7 Å². The number of ether oxygens (including phenoxy) is 1. The second kappa shape index (κ2) is 7.44. The van der Waals surface area contributed by atoms with Gasteiger partial charge in [0.05, 0.1) is 23.6 Å². The highest BCUT2D eigenvalue weighted by Crippen LogP contribution is 2.27. The molecule has 0 aliphatic carbocycles. The van der Waals surface area contributed by atoms with E-state index in [1.54, 1.807) is 23.1 Å². The lowest BCUT2D eigenvalue weighted by Gasteiger charge is -2.33. The fourth-order valence-electron chi connectivity index (χ4n) is 2.72. The van der Waals surface area contributed by atoms with Crippen LogP contribution in [0.3, 0.4) is 0 Å². The second-order valence-electron chi connectivity index (χ2n) is 5.55. The summed E-state index contributed by atoms with van der Waals surface area (Å²) >= 11 is 1.91. The molecule has 25 heavy (non-hydrogen) atoms. The first kappa shape index (κ1) is 17.7. The third kappa shape index (κ3) is 3.79. The van der Waals surface area contributed by atoms with Crippen LogP contribution in [0.1, 0.15) is 22.0 Å². The van der Waals surface area contributed by atoms with Crippen molar-refractivity contribution in [1.82, 2.24) is 4.90 Å². The second-order valence-corrected chi connectivity index (χ2v) is 6.72. The molecule has 0 N–H and O–H groups in total. The van der Waals surface area contributed by atoms with Gasteiger partial charge >= 0.3 is 0 Å². The lowest BCUT2D eigenvalue weighted by molar-refractivity contribution is -0.384. The zero-order valence-electron chi connectivity index (χ0n) is 13.0. The molecule has 1 heterocycles. The van der Waals surface area contributed by atoms with Crippen molar-refractivity contribution in [3.05, 3.63) is 73.1 Å². The molecule has 0 spiro atoms. The van der Waals surface area contributed by atoms with Gasteiger partial charge in [-0.05, 0) is 34.7 Å². The van der Waals surface area contributed by atoms with E-state index in [0.29, 0.717) is 27.8 Å². The molecular weight excluding hydrogens is 442 g/mol. The Hall–Kier alpha value is -2.07. The summed E-state index contributed by atoms with van der Waals surface area (Å²) in [5.74, 6) is -0.615. The first-order valence-electron chi connectivity index (χ1n) is 7.56. The number of morpholine rings is 1. The molecule has 1 amide bonds. The number of hydrogen-bond acceptors (Lipinski definition) is 4. The minimum absolute atomic E-state index is 0.0628. The Kier molecular flexibility index (Phi) is 5.28. The summed E-state index contributed by atoms with van der Waals surface area (Å²) in [6.45, 7) is 0.915.